The zero-order valence-electron chi connectivity index (χ0n) is 12.2. The van der Waals surface area contributed by atoms with Gasteiger partial charge in [0.25, 0.3) is 0 Å². The molecule has 2 aromatic rings. The summed E-state index contributed by atoms with van der Waals surface area (Å²) in [6.45, 7) is 4.39. The van der Waals surface area contributed by atoms with E-state index >= 15 is 0 Å². The van der Waals surface area contributed by atoms with E-state index in [4.69, 9.17) is 0 Å². The van der Waals surface area contributed by atoms with Crippen LogP contribution in [0.1, 0.15) is 42.6 Å². The van der Waals surface area contributed by atoms with Crippen molar-refractivity contribution in [1.29, 1.82) is 0 Å². The summed E-state index contributed by atoms with van der Waals surface area (Å²) in [7, 11) is 0. The number of benzene rings is 2. The van der Waals surface area contributed by atoms with Gasteiger partial charge in [0.15, 0.2) is 0 Å². The van der Waals surface area contributed by atoms with Gasteiger partial charge < -0.3 is 10.4 Å². The highest BCUT2D eigenvalue weighted by Crippen LogP contribution is 2.19. The van der Waals surface area contributed by atoms with Crippen LogP contribution in [-0.4, -0.2) is 11.7 Å². The fourth-order valence-corrected chi connectivity index (χ4v) is 2.38. The molecule has 0 radical (unpaired) electrons. The summed E-state index contributed by atoms with van der Waals surface area (Å²) < 4.78 is 0. The lowest BCUT2D eigenvalue weighted by Crippen LogP contribution is -2.27. The van der Waals surface area contributed by atoms with Crippen LogP contribution in [0, 0.1) is 0 Å². The first-order chi connectivity index (χ1) is 9.74. The maximum atomic E-state index is 9.59. The van der Waals surface area contributed by atoms with E-state index in [2.05, 4.69) is 43.4 Å². The zero-order chi connectivity index (χ0) is 14.4. The van der Waals surface area contributed by atoms with Crippen LogP contribution in [0.4, 0.5) is 0 Å². The van der Waals surface area contributed by atoms with Gasteiger partial charge in [-0.25, -0.2) is 0 Å². The van der Waals surface area contributed by atoms with Gasteiger partial charge in [0.2, 0.25) is 0 Å². The van der Waals surface area contributed by atoms with Gasteiger partial charge in [0.05, 0.1) is 12.6 Å². The first-order valence-electron chi connectivity index (χ1n) is 7.25. The van der Waals surface area contributed by atoms with Gasteiger partial charge in [-0.2, -0.15) is 0 Å². The van der Waals surface area contributed by atoms with E-state index in [9.17, 15) is 5.11 Å². The van der Waals surface area contributed by atoms with Gasteiger partial charge in [-0.15, -0.1) is 0 Å². The van der Waals surface area contributed by atoms with Crippen molar-refractivity contribution in [3.63, 3.8) is 0 Å². The molecule has 2 atom stereocenters. The predicted octanol–water partition coefficient (Wildman–Crippen LogP) is 3.63. The van der Waals surface area contributed by atoms with Crippen LogP contribution < -0.4 is 5.32 Å². The molecule has 0 aliphatic heterocycles. The maximum Gasteiger partial charge on any atom is 0.0626 e. The second kappa shape index (κ2) is 7.22. The summed E-state index contributed by atoms with van der Waals surface area (Å²) in [4.78, 5) is 0. The van der Waals surface area contributed by atoms with Gasteiger partial charge in [-0.3, -0.25) is 0 Å². The van der Waals surface area contributed by atoms with Crippen molar-refractivity contribution in [1.82, 2.24) is 5.32 Å². The molecule has 2 heteroatoms. The van der Waals surface area contributed by atoms with Crippen molar-refractivity contribution >= 4 is 0 Å². The van der Waals surface area contributed by atoms with Crippen LogP contribution in [0.5, 0.6) is 0 Å². The third-order valence-corrected chi connectivity index (χ3v) is 3.72. The Morgan fingerprint density at radius 3 is 2.15 bits per heavy atom. The lowest BCUT2D eigenvalue weighted by atomic mass is 10.0. The van der Waals surface area contributed by atoms with Gasteiger partial charge in [-0.05, 0) is 30.0 Å². The molecule has 0 saturated heterocycles. The van der Waals surface area contributed by atoms with Crippen molar-refractivity contribution < 1.29 is 5.11 Å². The Balaban J connectivity index is 2.06. The second-order valence-electron chi connectivity index (χ2n) is 5.13. The molecule has 20 heavy (non-hydrogen) atoms. The Labute approximate surface area is 121 Å². The molecule has 0 saturated carbocycles. The fraction of sp³-hybridized carbons (Fsp3) is 0.333. The molecule has 0 amide bonds. The minimum Gasteiger partial charge on any atom is -0.394 e. The summed E-state index contributed by atoms with van der Waals surface area (Å²) in [5.74, 6) is 0. The molecule has 0 bridgehead atoms. The third kappa shape index (κ3) is 3.69. The van der Waals surface area contributed by atoms with Crippen LogP contribution in [-0.2, 0) is 6.42 Å². The predicted molar refractivity (Wildman–Crippen MR) is 83.6 cm³/mol. The Morgan fingerprint density at radius 1 is 0.950 bits per heavy atom. The molecule has 2 nitrogen and oxygen atoms in total. The summed E-state index contributed by atoms with van der Waals surface area (Å²) in [6.07, 6.45) is 1.06. The molecule has 2 aromatic carbocycles. The fourth-order valence-electron chi connectivity index (χ4n) is 2.38. The zero-order valence-corrected chi connectivity index (χ0v) is 12.2. The van der Waals surface area contributed by atoms with E-state index in [-0.39, 0.29) is 18.7 Å². The van der Waals surface area contributed by atoms with Crippen molar-refractivity contribution in [2.45, 2.75) is 32.4 Å². The van der Waals surface area contributed by atoms with Gasteiger partial charge in [0, 0.05) is 6.04 Å². The highest BCUT2D eigenvalue weighted by atomic mass is 16.3. The Morgan fingerprint density at radius 2 is 1.60 bits per heavy atom. The molecule has 106 valence electrons. The molecule has 2 rings (SSSR count). The number of aliphatic hydroxyl groups excluding tert-OH is 1. The molecule has 0 fully saturated rings. The number of nitrogens with one attached hydrogen (secondary N) is 1. The monoisotopic (exact) mass is 269 g/mol. The van der Waals surface area contributed by atoms with Crippen molar-refractivity contribution in [2.24, 2.45) is 0 Å². The molecular weight excluding hydrogens is 246 g/mol. The standard InChI is InChI=1S/C18H23NO/c1-3-15-9-11-16(12-10-15)14(2)19-18(13-20)17-7-5-4-6-8-17/h4-12,14,18-20H,3,13H2,1-2H3/t14?,18-/m1/s1. The molecule has 1 unspecified atom stereocenters. The quantitative estimate of drug-likeness (QED) is 0.839. The van der Waals surface area contributed by atoms with E-state index in [0.717, 1.165) is 12.0 Å². The lowest BCUT2D eigenvalue weighted by molar-refractivity contribution is 0.235. The summed E-state index contributed by atoms with van der Waals surface area (Å²) in [6, 6.07) is 18.9. The van der Waals surface area contributed by atoms with Crippen molar-refractivity contribution in [2.75, 3.05) is 6.61 Å². The largest absolute Gasteiger partial charge is 0.394 e. The molecule has 0 spiro atoms. The lowest BCUT2D eigenvalue weighted by Gasteiger charge is -2.22. The normalized spacial score (nSPS) is 13.9. The minimum absolute atomic E-state index is 0.0305. The number of rotatable bonds is 6. The van der Waals surface area contributed by atoms with Crippen LogP contribution in [0.15, 0.2) is 54.6 Å². The first kappa shape index (κ1) is 14.8. The molecule has 0 aromatic heterocycles. The molecule has 0 heterocycles. The molecular formula is C18H23NO. The average molecular weight is 269 g/mol. The molecule has 0 aliphatic carbocycles. The summed E-state index contributed by atoms with van der Waals surface area (Å²) in [5, 5.41) is 13.1. The average Bonchev–Trinajstić information content (AvgIpc) is 2.53. The molecule has 2 N–H and O–H groups in total. The Kier molecular flexibility index (Phi) is 5.33. The Hall–Kier alpha value is -1.64. The van der Waals surface area contributed by atoms with E-state index in [1.165, 1.54) is 11.1 Å². The second-order valence-corrected chi connectivity index (χ2v) is 5.13. The number of aliphatic hydroxyl groups is 1. The number of aryl methyl sites for hydroxylation is 1. The minimum atomic E-state index is -0.0305. The van der Waals surface area contributed by atoms with Crippen LogP contribution >= 0.6 is 0 Å². The van der Waals surface area contributed by atoms with E-state index in [1.807, 2.05) is 30.3 Å². The number of hydrogen-bond acceptors (Lipinski definition) is 2. The van der Waals surface area contributed by atoms with Crippen molar-refractivity contribution in [3.05, 3.63) is 71.3 Å². The topological polar surface area (TPSA) is 32.3 Å². The van der Waals surface area contributed by atoms with Gasteiger partial charge in [-0.1, -0.05) is 61.5 Å². The highest BCUT2D eigenvalue weighted by molar-refractivity contribution is 5.26. The van der Waals surface area contributed by atoms with Crippen molar-refractivity contribution in [3.8, 4) is 0 Å². The van der Waals surface area contributed by atoms with E-state index < -0.39 is 0 Å². The smallest absolute Gasteiger partial charge is 0.0626 e. The van der Waals surface area contributed by atoms with Crippen LogP contribution in [0.3, 0.4) is 0 Å². The Bertz CT molecular complexity index is 507. The summed E-state index contributed by atoms with van der Waals surface area (Å²) in [5.41, 5.74) is 3.71. The highest BCUT2D eigenvalue weighted by Gasteiger charge is 2.14. The van der Waals surface area contributed by atoms with Gasteiger partial charge >= 0.3 is 0 Å². The number of hydrogen-bond donors (Lipinski definition) is 2. The maximum absolute atomic E-state index is 9.59. The van der Waals surface area contributed by atoms with Gasteiger partial charge in [0.1, 0.15) is 0 Å². The van der Waals surface area contributed by atoms with E-state index in [1.54, 1.807) is 0 Å². The van der Waals surface area contributed by atoms with Crippen LogP contribution in [0.2, 0.25) is 0 Å². The molecule has 0 aliphatic rings. The van der Waals surface area contributed by atoms with E-state index in [0.29, 0.717) is 0 Å². The van der Waals surface area contributed by atoms with Crippen LogP contribution in [0.25, 0.3) is 0 Å². The first-order valence-corrected chi connectivity index (χ1v) is 7.25. The third-order valence-electron chi connectivity index (χ3n) is 3.72. The summed E-state index contributed by atoms with van der Waals surface area (Å²) >= 11 is 0. The SMILES string of the molecule is CCc1ccc(C(C)N[C@H](CO)c2ccccc2)cc1.